The molecule has 0 bridgehead atoms. The molecule has 21 heavy (non-hydrogen) atoms. The van der Waals surface area contributed by atoms with Crippen molar-refractivity contribution in [3.05, 3.63) is 17.0 Å². The molecule has 0 amide bonds. The Kier molecular flexibility index (Phi) is 5.10. The second kappa shape index (κ2) is 6.34. The molecule has 0 unspecified atom stereocenters. The number of thiophene rings is 1. The van der Waals surface area contributed by atoms with Gasteiger partial charge < -0.3 is 10.1 Å². The number of ether oxygens (including phenoxy) is 1. The number of nitrogens with zero attached hydrogens (tertiary/aromatic N) is 1. The zero-order chi connectivity index (χ0) is 15.7. The minimum atomic E-state index is -3.44. The first kappa shape index (κ1) is 16.9. The number of sulfonamides is 1. The molecule has 0 radical (unpaired) electrons. The van der Waals surface area contributed by atoms with Crippen molar-refractivity contribution in [2.45, 2.75) is 50.0 Å². The molecule has 0 aromatic carbocycles. The van der Waals surface area contributed by atoms with E-state index in [2.05, 4.69) is 19.2 Å². The number of morpholine rings is 1. The van der Waals surface area contributed by atoms with Crippen molar-refractivity contribution in [3.8, 4) is 0 Å². The van der Waals surface area contributed by atoms with Crippen molar-refractivity contribution in [2.24, 2.45) is 0 Å². The summed E-state index contributed by atoms with van der Waals surface area (Å²) in [6, 6.07) is 3.98. The highest BCUT2D eigenvalue weighted by Gasteiger charge is 2.40. The molecule has 2 rings (SSSR count). The summed E-state index contributed by atoms with van der Waals surface area (Å²) in [5.41, 5.74) is -0.503. The number of nitrogens with one attached hydrogen (secondary N) is 1. The molecule has 1 aromatic heterocycles. The molecule has 1 N–H and O–H groups in total. The van der Waals surface area contributed by atoms with Crippen LogP contribution in [0.3, 0.4) is 0 Å². The Morgan fingerprint density at radius 2 is 2.14 bits per heavy atom. The summed E-state index contributed by atoms with van der Waals surface area (Å²) in [7, 11) is -3.44. The fourth-order valence-electron chi connectivity index (χ4n) is 2.29. The van der Waals surface area contributed by atoms with E-state index in [0.717, 1.165) is 4.88 Å². The number of rotatable bonds is 5. The van der Waals surface area contributed by atoms with Gasteiger partial charge in [-0.15, -0.1) is 11.3 Å². The maximum absolute atomic E-state index is 12.8. The summed E-state index contributed by atoms with van der Waals surface area (Å²) in [6.07, 6.45) is 0. The normalized spacial score (nSPS) is 20.0. The number of hydrogen-bond donors (Lipinski definition) is 1. The molecule has 1 aromatic rings. The van der Waals surface area contributed by atoms with Crippen LogP contribution >= 0.6 is 11.3 Å². The van der Waals surface area contributed by atoms with E-state index in [4.69, 9.17) is 4.74 Å². The largest absolute Gasteiger partial charge is 0.378 e. The molecule has 7 heteroatoms. The lowest BCUT2D eigenvalue weighted by molar-refractivity contribution is -0.00761. The van der Waals surface area contributed by atoms with Crippen molar-refractivity contribution in [1.29, 1.82) is 0 Å². The molecule has 0 saturated carbocycles. The third-order valence-electron chi connectivity index (χ3n) is 3.44. The second-order valence-corrected chi connectivity index (χ2v) is 9.46. The van der Waals surface area contributed by atoms with Crippen molar-refractivity contribution in [2.75, 3.05) is 19.8 Å². The van der Waals surface area contributed by atoms with Gasteiger partial charge in [0.2, 0.25) is 0 Å². The average molecular weight is 332 g/mol. The lowest BCUT2D eigenvalue weighted by Gasteiger charge is -2.40. The van der Waals surface area contributed by atoms with E-state index in [9.17, 15) is 8.42 Å². The predicted octanol–water partition coefficient (Wildman–Crippen LogP) is 2.05. The summed E-state index contributed by atoms with van der Waals surface area (Å²) in [4.78, 5) is 1.04. The lowest BCUT2D eigenvalue weighted by Crippen LogP contribution is -2.55. The molecule has 2 heterocycles. The van der Waals surface area contributed by atoms with Gasteiger partial charge in [-0.3, -0.25) is 0 Å². The Bertz CT molecular complexity index is 579. The standard InChI is InChI=1S/C14H24N2O3S2/c1-11(2)15-9-12-5-6-13(20-12)21(17,18)16-7-8-19-10-14(16,3)4/h5-6,11,15H,7-10H2,1-4H3. The summed E-state index contributed by atoms with van der Waals surface area (Å²) in [5.74, 6) is 0. The summed E-state index contributed by atoms with van der Waals surface area (Å²) in [5, 5.41) is 3.30. The van der Waals surface area contributed by atoms with Crippen molar-refractivity contribution in [3.63, 3.8) is 0 Å². The van der Waals surface area contributed by atoms with Crippen molar-refractivity contribution < 1.29 is 13.2 Å². The van der Waals surface area contributed by atoms with E-state index in [0.29, 0.717) is 36.6 Å². The molecular formula is C14H24N2O3S2. The Balaban J connectivity index is 2.19. The van der Waals surface area contributed by atoms with Crippen LogP contribution in [0.4, 0.5) is 0 Å². The van der Waals surface area contributed by atoms with Gasteiger partial charge in [0, 0.05) is 24.0 Å². The third kappa shape index (κ3) is 3.84. The van der Waals surface area contributed by atoms with E-state index < -0.39 is 15.6 Å². The molecule has 1 aliphatic rings. The van der Waals surface area contributed by atoms with Crippen LogP contribution in [0, 0.1) is 0 Å². The Hall–Kier alpha value is -0.470. The molecule has 5 nitrogen and oxygen atoms in total. The fourth-order valence-corrected chi connectivity index (χ4v) is 5.47. The van der Waals surface area contributed by atoms with Crippen LogP contribution in [0.15, 0.2) is 16.3 Å². The quantitative estimate of drug-likeness (QED) is 0.896. The van der Waals surface area contributed by atoms with Gasteiger partial charge >= 0.3 is 0 Å². The highest BCUT2D eigenvalue weighted by atomic mass is 32.2. The minimum Gasteiger partial charge on any atom is -0.378 e. The van der Waals surface area contributed by atoms with Gasteiger partial charge in [0.25, 0.3) is 10.0 Å². The summed E-state index contributed by atoms with van der Waals surface area (Å²) >= 11 is 1.34. The molecular weight excluding hydrogens is 308 g/mol. The highest BCUT2D eigenvalue weighted by Crippen LogP contribution is 2.31. The smallest absolute Gasteiger partial charge is 0.253 e. The number of hydrogen-bond acceptors (Lipinski definition) is 5. The molecule has 0 spiro atoms. The first-order valence-corrected chi connectivity index (χ1v) is 9.42. The van der Waals surface area contributed by atoms with Crippen LogP contribution in [0.1, 0.15) is 32.6 Å². The Morgan fingerprint density at radius 1 is 1.43 bits per heavy atom. The summed E-state index contributed by atoms with van der Waals surface area (Å²) < 4.78 is 33.0. The van der Waals surface area contributed by atoms with Crippen LogP contribution < -0.4 is 5.32 Å². The van der Waals surface area contributed by atoms with Crippen molar-refractivity contribution in [1.82, 2.24) is 9.62 Å². The van der Waals surface area contributed by atoms with Gasteiger partial charge in [0.15, 0.2) is 0 Å². The maximum atomic E-state index is 12.8. The predicted molar refractivity (Wildman–Crippen MR) is 85.1 cm³/mol. The average Bonchev–Trinajstić information content (AvgIpc) is 2.85. The van der Waals surface area contributed by atoms with Crippen LogP contribution in [-0.2, 0) is 21.3 Å². The van der Waals surface area contributed by atoms with Gasteiger partial charge in [-0.05, 0) is 26.0 Å². The zero-order valence-electron chi connectivity index (χ0n) is 13.0. The molecule has 0 aliphatic carbocycles. The molecule has 120 valence electrons. The molecule has 1 aliphatic heterocycles. The van der Waals surface area contributed by atoms with E-state index in [1.54, 1.807) is 10.4 Å². The summed E-state index contributed by atoms with van der Waals surface area (Å²) in [6.45, 7) is 9.94. The van der Waals surface area contributed by atoms with E-state index in [1.807, 2.05) is 19.9 Å². The molecule has 1 saturated heterocycles. The maximum Gasteiger partial charge on any atom is 0.253 e. The van der Waals surface area contributed by atoms with Gasteiger partial charge in [-0.2, -0.15) is 4.31 Å². The van der Waals surface area contributed by atoms with Crippen LogP contribution in [0.5, 0.6) is 0 Å². The van der Waals surface area contributed by atoms with Crippen molar-refractivity contribution >= 4 is 21.4 Å². The topological polar surface area (TPSA) is 58.6 Å². The molecule has 0 atom stereocenters. The van der Waals surface area contributed by atoms with Gasteiger partial charge in [0.05, 0.1) is 18.8 Å². The zero-order valence-corrected chi connectivity index (χ0v) is 14.7. The lowest BCUT2D eigenvalue weighted by atomic mass is 10.1. The van der Waals surface area contributed by atoms with E-state index in [-0.39, 0.29) is 0 Å². The first-order chi connectivity index (χ1) is 9.73. The van der Waals surface area contributed by atoms with Crippen LogP contribution in [-0.4, -0.2) is 44.1 Å². The van der Waals surface area contributed by atoms with Gasteiger partial charge in [-0.25, -0.2) is 8.42 Å². The monoisotopic (exact) mass is 332 g/mol. The van der Waals surface area contributed by atoms with E-state index >= 15 is 0 Å². The van der Waals surface area contributed by atoms with Gasteiger partial charge in [-0.1, -0.05) is 13.8 Å². The fraction of sp³-hybridized carbons (Fsp3) is 0.714. The van der Waals surface area contributed by atoms with Gasteiger partial charge in [0.1, 0.15) is 4.21 Å². The minimum absolute atomic E-state index is 0.380. The highest BCUT2D eigenvalue weighted by molar-refractivity contribution is 7.91. The van der Waals surface area contributed by atoms with Crippen LogP contribution in [0.2, 0.25) is 0 Å². The Morgan fingerprint density at radius 3 is 2.76 bits per heavy atom. The van der Waals surface area contributed by atoms with E-state index in [1.165, 1.54) is 11.3 Å². The third-order valence-corrected chi connectivity index (χ3v) is 7.10. The Labute approximate surface area is 131 Å². The van der Waals surface area contributed by atoms with Crippen LogP contribution in [0.25, 0.3) is 0 Å². The molecule has 1 fully saturated rings. The second-order valence-electron chi connectivity index (χ2n) is 6.20. The first-order valence-electron chi connectivity index (χ1n) is 7.16. The SMILES string of the molecule is CC(C)NCc1ccc(S(=O)(=O)N2CCOCC2(C)C)s1.